The molecule has 1 heterocycles. The van der Waals surface area contributed by atoms with Gasteiger partial charge in [0.25, 0.3) is 0 Å². The van der Waals surface area contributed by atoms with Crippen LogP contribution in [-0.2, 0) is 0 Å². The zero-order valence-electron chi connectivity index (χ0n) is 12.7. The Morgan fingerprint density at radius 3 is 2.04 bits per heavy atom. The summed E-state index contributed by atoms with van der Waals surface area (Å²) in [6, 6.07) is 14.1. The third kappa shape index (κ3) is 2.57. The number of aryl methyl sites for hydroxylation is 1. The van der Waals surface area contributed by atoms with Crippen LogP contribution in [0.3, 0.4) is 0 Å². The van der Waals surface area contributed by atoms with Crippen LogP contribution in [0.4, 0.5) is 16.2 Å². The molecular formula is C17H15N3O2S. The van der Waals surface area contributed by atoms with Crippen LogP contribution in [0.15, 0.2) is 48.5 Å². The van der Waals surface area contributed by atoms with Gasteiger partial charge in [0.1, 0.15) is 5.75 Å². The maximum atomic E-state index is 12.8. The summed E-state index contributed by atoms with van der Waals surface area (Å²) in [6.07, 6.45) is 0. The Morgan fingerprint density at radius 2 is 1.48 bits per heavy atom. The molecule has 1 aliphatic heterocycles. The van der Waals surface area contributed by atoms with Crippen molar-refractivity contribution in [2.75, 3.05) is 16.9 Å². The lowest BCUT2D eigenvalue weighted by atomic mass is 10.2. The number of benzene rings is 2. The van der Waals surface area contributed by atoms with Crippen LogP contribution in [-0.4, -0.2) is 24.0 Å². The van der Waals surface area contributed by atoms with Crippen molar-refractivity contribution in [1.29, 1.82) is 5.41 Å². The fourth-order valence-electron chi connectivity index (χ4n) is 2.38. The van der Waals surface area contributed by atoms with Crippen molar-refractivity contribution in [3.8, 4) is 5.75 Å². The highest BCUT2D eigenvalue weighted by molar-refractivity contribution is 7.82. The molecule has 0 unspecified atom stereocenters. The highest BCUT2D eigenvalue weighted by Crippen LogP contribution is 2.29. The van der Waals surface area contributed by atoms with Gasteiger partial charge in [-0.15, -0.1) is 0 Å². The van der Waals surface area contributed by atoms with Crippen molar-refractivity contribution in [3.05, 3.63) is 54.1 Å². The molecule has 2 aromatic rings. The molecule has 1 N–H and O–H groups in total. The van der Waals surface area contributed by atoms with Crippen molar-refractivity contribution in [2.45, 2.75) is 6.92 Å². The average Bonchev–Trinajstić information content (AvgIpc) is 2.78. The Morgan fingerprint density at radius 1 is 0.957 bits per heavy atom. The van der Waals surface area contributed by atoms with E-state index in [4.69, 9.17) is 22.4 Å². The lowest BCUT2D eigenvalue weighted by Crippen LogP contribution is -2.33. The molecule has 0 spiro atoms. The topological polar surface area (TPSA) is 56.6 Å². The molecular weight excluding hydrogens is 310 g/mol. The number of nitrogens with zero attached hydrogens (tertiary/aromatic N) is 2. The van der Waals surface area contributed by atoms with E-state index < -0.39 is 0 Å². The van der Waals surface area contributed by atoms with Gasteiger partial charge in [0.05, 0.1) is 18.5 Å². The minimum Gasteiger partial charge on any atom is -0.497 e. The van der Waals surface area contributed by atoms with E-state index in [0.29, 0.717) is 17.1 Å². The standard InChI is InChI=1S/C17H15N3O2S/c1-11-3-5-13(6-4-11)20-16(23)15(18)19(17(20)21)12-7-9-14(22-2)10-8-12/h3-10,18H,1-2H3. The first-order valence-electron chi connectivity index (χ1n) is 7.00. The molecule has 116 valence electrons. The van der Waals surface area contributed by atoms with E-state index in [1.54, 1.807) is 31.4 Å². The lowest BCUT2D eigenvalue weighted by molar-refractivity contribution is 0.257. The number of methoxy groups -OCH3 is 1. The largest absolute Gasteiger partial charge is 0.497 e. The molecule has 5 nitrogen and oxygen atoms in total. The van der Waals surface area contributed by atoms with Crippen LogP contribution < -0.4 is 14.5 Å². The molecule has 6 heteroatoms. The average molecular weight is 325 g/mol. The fraction of sp³-hybridized carbons (Fsp3) is 0.118. The van der Waals surface area contributed by atoms with E-state index in [1.165, 1.54) is 9.80 Å². The number of anilines is 2. The third-order valence-corrected chi connectivity index (χ3v) is 4.01. The zero-order chi connectivity index (χ0) is 16.6. The molecule has 1 saturated heterocycles. The summed E-state index contributed by atoms with van der Waals surface area (Å²) >= 11 is 5.29. The molecule has 0 atom stereocenters. The number of hydrogen-bond donors (Lipinski definition) is 1. The quantitative estimate of drug-likeness (QED) is 0.874. The summed E-state index contributed by atoms with van der Waals surface area (Å²) in [5.41, 5.74) is 2.33. The molecule has 23 heavy (non-hydrogen) atoms. The first kappa shape index (κ1) is 15.2. The predicted molar refractivity (Wildman–Crippen MR) is 94.9 cm³/mol. The van der Waals surface area contributed by atoms with Crippen LogP contribution in [0.2, 0.25) is 0 Å². The number of thiocarbonyl (C=S) groups is 1. The first-order chi connectivity index (χ1) is 11.0. The maximum absolute atomic E-state index is 12.8. The Labute approximate surface area is 139 Å². The van der Waals surface area contributed by atoms with Crippen molar-refractivity contribution in [2.24, 2.45) is 0 Å². The molecule has 0 radical (unpaired) electrons. The van der Waals surface area contributed by atoms with Crippen LogP contribution in [0, 0.1) is 12.3 Å². The predicted octanol–water partition coefficient (Wildman–Crippen LogP) is 3.75. The van der Waals surface area contributed by atoms with Gasteiger partial charge in [-0.2, -0.15) is 0 Å². The van der Waals surface area contributed by atoms with Gasteiger partial charge in [-0.3, -0.25) is 5.41 Å². The molecule has 2 amide bonds. The third-order valence-electron chi connectivity index (χ3n) is 3.63. The number of ether oxygens (including phenoxy) is 1. The van der Waals surface area contributed by atoms with E-state index in [9.17, 15) is 4.79 Å². The monoisotopic (exact) mass is 325 g/mol. The molecule has 1 fully saturated rings. The van der Waals surface area contributed by atoms with E-state index in [2.05, 4.69) is 0 Å². The SMILES string of the molecule is COc1ccc(N2C(=N)C(=S)N(c3ccc(C)cc3)C2=O)cc1. The second-order valence-corrected chi connectivity index (χ2v) is 5.53. The zero-order valence-corrected chi connectivity index (χ0v) is 13.6. The van der Waals surface area contributed by atoms with E-state index in [-0.39, 0.29) is 16.9 Å². The van der Waals surface area contributed by atoms with Crippen molar-refractivity contribution < 1.29 is 9.53 Å². The van der Waals surface area contributed by atoms with Crippen LogP contribution in [0.1, 0.15) is 5.56 Å². The van der Waals surface area contributed by atoms with Gasteiger partial charge in [0, 0.05) is 0 Å². The van der Waals surface area contributed by atoms with Crippen LogP contribution >= 0.6 is 12.2 Å². The maximum Gasteiger partial charge on any atom is 0.340 e. The van der Waals surface area contributed by atoms with Gasteiger partial charge < -0.3 is 4.74 Å². The molecule has 0 bridgehead atoms. The van der Waals surface area contributed by atoms with Gasteiger partial charge in [0.2, 0.25) is 0 Å². The van der Waals surface area contributed by atoms with Crippen molar-refractivity contribution >= 4 is 40.4 Å². The number of carbonyl (C=O) groups excluding carboxylic acids is 1. The van der Waals surface area contributed by atoms with Gasteiger partial charge in [0.15, 0.2) is 10.8 Å². The normalized spacial score (nSPS) is 14.6. The van der Waals surface area contributed by atoms with E-state index in [1.807, 2.05) is 31.2 Å². The van der Waals surface area contributed by atoms with E-state index >= 15 is 0 Å². The number of hydrogen-bond acceptors (Lipinski definition) is 4. The molecule has 0 aliphatic carbocycles. The Bertz CT molecular complexity index is 784. The minimum absolute atomic E-state index is 0.00394. The smallest absolute Gasteiger partial charge is 0.340 e. The molecule has 3 rings (SSSR count). The van der Waals surface area contributed by atoms with Gasteiger partial charge >= 0.3 is 6.03 Å². The number of nitrogens with one attached hydrogen (secondary N) is 1. The van der Waals surface area contributed by atoms with Crippen LogP contribution in [0.5, 0.6) is 5.75 Å². The number of amides is 2. The molecule has 0 aromatic heterocycles. The Hall–Kier alpha value is -2.73. The number of amidine groups is 1. The van der Waals surface area contributed by atoms with Crippen molar-refractivity contribution in [3.63, 3.8) is 0 Å². The van der Waals surface area contributed by atoms with Crippen LogP contribution in [0.25, 0.3) is 0 Å². The molecule has 1 aliphatic rings. The lowest BCUT2D eigenvalue weighted by Gasteiger charge is -2.17. The summed E-state index contributed by atoms with van der Waals surface area (Å²) in [5.74, 6) is 0.681. The number of carbonyl (C=O) groups is 1. The number of rotatable bonds is 3. The minimum atomic E-state index is -0.353. The highest BCUT2D eigenvalue weighted by atomic mass is 32.1. The van der Waals surface area contributed by atoms with Gasteiger partial charge in [-0.05, 0) is 43.3 Å². The second-order valence-electron chi connectivity index (χ2n) is 5.14. The number of urea groups is 1. The fourth-order valence-corrected chi connectivity index (χ4v) is 2.65. The second kappa shape index (κ2) is 5.81. The summed E-state index contributed by atoms with van der Waals surface area (Å²) in [5, 5.41) is 8.19. The van der Waals surface area contributed by atoms with Gasteiger partial charge in [-0.1, -0.05) is 29.9 Å². The highest BCUT2D eigenvalue weighted by Gasteiger charge is 2.40. The Kier molecular flexibility index (Phi) is 3.83. The van der Waals surface area contributed by atoms with Gasteiger partial charge in [-0.25, -0.2) is 14.6 Å². The summed E-state index contributed by atoms with van der Waals surface area (Å²) in [6.45, 7) is 1.97. The van der Waals surface area contributed by atoms with E-state index in [0.717, 1.165) is 5.56 Å². The molecule has 0 saturated carbocycles. The van der Waals surface area contributed by atoms with Crippen molar-refractivity contribution in [1.82, 2.24) is 0 Å². The summed E-state index contributed by atoms with van der Waals surface area (Å²) in [4.78, 5) is 15.6. The Balaban J connectivity index is 1.97. The first-order valence-corrected chi connectivity index (χ1v) is 7.41. The summed E-state index contributed by atoms with van der Waals surface area (Å²) < 4.78 is 5.11. The molecule has 2 aromatic carbocycles. The summed E-state index contributed by atoms with van der Waals surface area (Å²) in [7, 11) is 1.58.